The van der Waals surface area contributed by atoms with E-state index in [0.29, 0.717) is 12.5 Å². The molecule has 0 bridgehead atoms. The molecule has 6 heteroatoms. The molecule has 1 aliphatic rings. The zero-order valence-electron chi connectivity index (χ0n) is 12.0. The molecule has 112 valence electrons. The van der Waals surface area contributed by atoms with Crippen LogP contribution < -0.4 is 10.6 Å². The Morgan fingerprint density at radius 3 is 2.75 bits per heavy atom. The normalized spacial score (nSPS) is 17.8. The summed E-state index contributed by atoms with van der Waals surface area (Å²) in [5.41, 5.74) is -0.598. The molecule has 0 unspecified atom stereocenters. The number of aromatic nitrogens is 2. The number of halogens is 1. The topological polar surface area (TPSA) is 70.1 Å². The van der Waals surface area contributed by atoms with E-state index in [9.17, 15) is 5.11 Å². The third-order valence-electron chi connectivity index (χ3n) is 3.65. The molecule has 1 heterocycles. The van der Waals surface area contributed by atoms with Gasteiger partial charge in [-0.15, -0.1) is 0 Å². The van der Waals surface area contributed by atoms with Crippen LogP contribution in [0.15, 0.2) is 10.7 Å². The summed E-state index contributed by atoms with van der Waals surface area (Å²) >= 11 is 3.44. The van der Waals surface area contributed by atoms with Crippen LogP contribution in [0.1, 0.15) is 45.4 Å². The fourth-order valence-electron chi connectivity index (χ4n) is 2.45. The molecular formula is C14H23BrN4O. The second kappa shape index (κ2) is 7.22. The van der Waals surface area contributed by atoms with Gasteiger partial charge in [-0.3, -0.25) is 0 Å². The Morgan fingerprint density at radius 2 is 2.05 bits per heavy atom. The Bertz CT molecular complexity index is 435. The van der Waals surface area contributed by atoms with E-state index in [4.69, 9.17) is 0 Å². The zero-order chi connectivity index (χ0) is 14.4. The smallest absolute Gasteiger partial charge is 0.224 e. The number of aliphatic hydroxyl groups is 1. The number of rotatable bonds is 6. The SMILES string of the molecule is CCCNc1ncc(Br)c(NCC2(O)CCCCC2)n1. The van der Waals surface area contributed by atoms with Gasteiger partial charge in [-0.2, -0.15) is 4.98 Å². The van der Waals surface area contributed by atoms with Crippen molar-refractivity contribution in [2.24, 2.45) is 0 Å². The van der Waals surface area contributed by atoms with E-state index < -0.39 is 5.60 Å². The predicted molar refractivity (Wildman–Crippen MR) is 85.0 cm³/mol. The summed E-state index contributed by atoms with van der Waals surface area (Å²) in [6.07, 6.45) is 7.93. The van der Waals surface area contributed by atoms with Gasteiger partial charge in [0.05, 0.1) is 10.1 Å². The monoisotopic (exact) mass is 342 g/mol. The highest BCUT2D eigenvalue weighted by molar-refractivity contribution is 9.10. The van der Waals surface area contributed by atoms with Gasteiger partial charge in [0.1, 0.15) is 5.82 Å². The van der Waals surface area contributed by atoms with E-state index >= 15 is 0 Å². The summed E-state index contributed by atoms with van der Waals surface area (Å²) < 4.78 is 0.818. The van der Waals surface area contributed by atoms with Crippen molar-refractivity contribution < 1.29 is 5.11 Å². The fraction of sp³-hybridized carbons (Fsp3) is 0.714. The van der Waals surface area contributed by atoms with E-state index in [2.05, 4.69) is 43.5 Å². The maximum atomic E-state index is 10.5. The summed E-state index contributed by atoms with van der Waals surface area (Å²) in [4.78, 5) is 8.65. The second-order valence-corrected chi connectivity index (χ2v) is 6.31. The summed E-state index contributed by atoms with van der Waals surface area (Å²) in [5.74, 6) is 1.35. The zero-order valence-corrected chi connectivity index (χ0v) is 13.5. The molecule has 20 heavy (non-hydrogen) atoms. The number of nitrogens with zero attached hydrogens (tertiary/aromatic N) is 2. The Labute approximate surface area is 128 Å². The van der Waals surface area contributed by atoms with Gasteiger partial charge in [-0.05, 0) is 35.2 Å². The first-order valence-corrected chi connectivity index (χ1v) is 8.15. The average molecular weight is 343 g/mol. The van der Waals surface area contributed by atoms with Crippen molar-refractivity contribution in [2.45, 2.75) is 51.0 Å². The lowest BCUT2D eigenvalue weighted by molar-refractivity contribution is 0.0166. The van der Waals surface area contributed by atoms with Crippen molar-refractivity contribution in [1.82, 2.24) is 9.97 Å². The first-order valence-electron chi connectivity index (χ1n) is 7.36. The molecule has 1 aromatic heterocycles. The van der Waals surface area contributed by atoms with Crippen molar-refractivity contribution in [3.63, 3.8) is 0 Å². The molecule has 0 amide bonds. The van der Waals surface area contributed by atoms with Crippen molar-refractivity contribution in [3.05, 3.63) is 10.7 Å². The molecule has 0 atom stereocenters. The highest BCUT2D eigenvalue weighted by Gasteiger charge is 2.29. The Morgan fingerprint density at radius 1 is 1.30 bits per heavy atom. The van der Waals surface area contributed by atoms with E-state index in [1.54, 1.807) is 6.20 Å². The molecule has 2 rings (SSSR count). The molecule has 1 aromatic rings. The molecule has 0 saturated heterocycles. The van der Waals surface area contributed by atoms with Gasteiger partial charge in [0, 0.05) is 19.3 Å². The van der Waals surface area contributed by atoms with Crippen molar-refractivity contribution in [2.75, 3.05) is 23.7 Å². The van der Waals surface area contributed by atoms with Gasteiger partial charge in [0.25, 0.3) is 0 Å². The minimum atomic E-state index is -0.598. The summed E-state index contributed by atoms with van der Waals surface area (Å²) in [6, 6.07) is 0. The van der Waals surface area contributed by atoms with Gasteiger partial charge in [-0.1, -0.05) is 26.2 Å². The van der Waals surface area contributed by atoms with Crippen LogP contribution >= 0.6 is 15.9 Å². The van der Waals surface area contributed by atoms with Crippen LogP contribution in [0.2, 0.25) is 0 Å². The third kappa shape index (κ3) is 4.31. The van der Waals surface area contributed by atoms with Crippen LogP contribution in [0.3, 0.4) is 0 Å². The summed E-state index contributed by atoms with van der Waals surface area (Å²) in [7, 11) is 0. The number of nitrogens with one attached hydrogen (secondary N) is 2. The molecular weight excluding hydrogens is 320 g/mol. The molecule has 0 aliphatic heterocycles. The lowest BCUT2D eigenvalue weighted by Gasteiger charge is -2.32. The summed E-state index contributed by atoms with van der Waals surface area (Å²) in [6.45, 7) is 3.49. The quantitative estimate of drug-likeness (QED) is 0.740. The first kappa shape index (κ1) is 15.5. The second-order valence-electron chi connectivity index (χ2n) is 5.46. The number of anilines is 2. The maximum absolute atomic E-state index is 10.5. The van der Waals surface area contributed by atoms with E-state index in [1.807, 2.05) is 0 Å². The highest BCUT2D eigenvalue weighted by Crippen LogP contribution is 2.29. The standard InChI is InChI=1S/C14H23BrN4O/c1-2-8-16-13-17-9-11(15)12(19-13)18-10-14(20)6-4-3-5-7-14/h9,20H,2-8,10H2,1H3,(H2,16,17,18,19). The molecule has 1 fully saturated rings. The van der Waals surface area contributed by atoms with Gasteiger partial charge in [-0.25, -0.2) is 4.98 Å². The fourth-order valence-corrected chi connectivity index (χ4v) is 2.78. The first-order chi connectivity index (χ1) is 9.63. The molecule has 0 radical (unpaired) electrons. The van der Waals surface area contributed by atoms with E-state index in [0.717, 1.165) is 48.9 Å². The maximum Gasteiger partial charge on any atom is 0.224 e. The Balaban J connectivity index is 1.97. The Kier molecular flexibility index (Phi) is 5.60. The van der Waals surface area contributed by atoms with Crippen LogP contribution in [-0.4, -0.2) is 33.8 Å². The molecule has 5 nitrogen and oxygen atoms in total. The van der Waals surface area contributed by atoms with Gasteiger partial charge in [0.15, 0.2) is 0 Å². The lowest BCUT2D eigenvalue weighted by atomic mass is 9.85. The lowest BCUT2D eigenvalue weighted by Crippen LogP contribution is -2.39. The van der Waals surface area contributed by atoms with Crippen LogP contribution in [0.25, 0.3) is 0 Å². The van der Waals surface area contributed by atoms with Gasteiger partial charge < -0.3 is 15.7 Å². The molecule has 3 N–H and O–H groups in total. The summed E-state index contributed by atoms with van der Waals surface area (Å²) in [5, 5.41) is 16.9. The molecule has 1 saturated carbocycles. The van der Waals surface area contributed by atoms with Crippen LogP contribution in [0.4, 0.5) is 11.8 Å². The number of hydrogen-bond acceptors (Lipinski definition) is 5. The Hall–Kier alpha value is -0.880. The minimum Gasteiger partial charge on any atom is -0.388 e. The van der Waals surface area contributed by atoms with Crippen molar-refractivity contribution >= 4 is 27.7 Å². The van der Waals surface area contributed by atoms with Gasteiger partial charge in [0.2, 0.25) is 5.95 Å². The molecule has 0 aromatic carbocycles. The third-order valence-corrected chi connectivity index (χ3v) is 4.23. The average Bonchev–Trinajstić information content (AvgIpc) is 2.46. The highest BCUT2D eigenvalue weighted by atomic mass is 79.9. The minimum absolute atomic E-state index is 0.538. The predicted octanol–water partition coefficient (Wildman–Crippen LogP) is 3.17. The number of hydrogen-bond donors (Lipinski definition) is 3. The molecule has 1 aliphatic carbocycles. The van der Waals surface area contributed by atoms with Crippen molar-refractivity contribution in [3.8, 4) is 0 Å². The van der Waals surface area contributed by atoms with E-state index in [-0.39, 0.29) is 0 Å². The van der Waals surface area contributed by atoms with Gasteiger partial charge >= 0.3 is 0 Å². The van der Waals surface area contributed by atoms with Crippen LogP contribution in [0, 0.1) is 0 Å². The van der Waals surface area contributed by atoms with Crippen molar-refractivity contribution in [1.29, 1.82) is 0 Å². The van der Waals surface area contributed by atoms with E-state index in [1.165, 1.54) is 6.42 Å². The van der Waals surface area contributed by atoms with Crippen LogP contribution in [-0.2, 0) is 0 Å². The van der Waals surface area contributed by atoms with Crippen LogP contribution in [0.5, 0.6) is 0 Å². The molecule has 0 spiro atoms. The largest absolute Gasteiger partial charge is 0.388 e.